The van der Waals surface area contributed by atoms with E-state index in [1.165, 1.54) is 103 Å². The van der Waals surface area contributed by atoms with Crippen LogP contribution in [0.1, 0.15) is 306 Å². The van der Waals surface area contributed by atoms with Crippen LogP contribution in [-0.4, -0.2) is 96.7 Å². The zero-order chi connectivity index (χ0) is 61.8. The molecule has 17 nitrogen and oxygen atoms in total. The van der Waals surface area contributed by atoms with Crippen molar-refractivity contribution < 1.29 is 80.2 Å². The Balaban J connectivity index is 5.22. The summed E-state index contributed by atoms with van der Waals surface area (Å²) in [4.78, 5) is 72.2. The van der Waals surface area contributed by atoms with Crippen LogP contribution in [0.3, 0.4) is 0 Å². The van der Waals surface area contributed by atoms with Gasteiger partial charge in [-0.15, -0.1) is 0 Å². The van der Waals surface area contributed by atoms with E-state index in [2.05, 4.69) is 55.4 Å². The lowest BCUT2D eigenvalue weighted by Gasteiger charge is -2.21. The second kappa shape index (κ2) is 54.2. The number of aliphatic hydroxyl groups excluding tert-OH is 1. The second-order valence-electron chi connectivity index (χ2n) is 24.8. The van der Waals surface area contributed by atoms with Crippen molar-refractivity contribution in [1.29, 1.82) is 0 Å². The minimum Gasteiger partial charge on any atom is -0.462 e. The van der Waals surface area contributed by atoms with E-state index in [1.807, 2.05) is 0 Å². The number of hydrogen-bond donors (Lipinski definition) is 3. The second-order valence-corrected chi connectivity index (χ2v) is 27.7. The van der Waals surface area contributed by atoms with Gasteiger partial charge < -0.3 is 33.8 Å². The first-order valence-electron chi connectivity index (χ1n) is 33.2. The highest BCUT2D eigenvalue weighted by atomic mass is 31.2. The van der Waals surface area contributed by atoms with Crippen molar-refractivity contribution in [2.24, 2.45) is 23.7 Å². The smallest absolute Gasteiger partial charge is 0.462 e. The summed E-state index contributed by atoms with van der Waals surface area (Å²) in [6.45, 7) is 13.9. The molecular formula is C64H124O17P2. The van der Waals surface area contributed by atoms with E-state index in [-0.39, 0.29) is 25.7 Å². The molecule has 0 radical (unpaired) electrons. The van der Waals surface area contributed by atoms with E-state index in [1.54, 1.807) is 0 Å². The summed E-state index contributed by atoms with van der Waals surface area (Å²) in [5.41, 5.74) is 0. The topological polar surface area (TPSA) is 237 Å². The molecule has 6 atom stereocenters. The summed E-state index contributed by atoms with van der Waals surface area (Å²) in [5.74, 6) is 0.720. The number of esters is 4. The zero-order valence-corrected chi connectivity index (χ0v) is 55.6. The predicted octanol–water partition coefficient (Wildman–Crippen LogP) is 17.4. The number of unbranched alkanes of at least 4 members (excludes halogenated alkanes) is 26. The number of carbonyl (C=O) groups is 4. The highest BCUT2D eigenvalue weighted by molar-refractivity contribution is 7.47. The molecule has 0 aromatic carbocycles. The van der Waals surface area contributed by atoms with Gasteiger partial charge in [0.1, 0.15) is 19.3 Å². The highest BCUT2D eigenvalue weighted by Crippen LogP contribution is 2.45. The first kappa shape index (κ1) is 81.1. The van der Waals surface area contributed by atoms with E-state index < -0.39 is 97.5 Å². The third-order valence-corrected chi connectivity index (χ3v) is 16.8. The number of ether oxygens (including phenoxy) is 4. The van der Waals surface area contributed by atoms with Gasteiger partial charge in [-0.1, -0.05) is 254 Å². The van der Waals surface area contributed by atoms with Crippen molar-refractivity contribution >= 4 is 39.5 Å². The maximum absolute atomic E-state index is 13.0. The Morgan fingerprint density at radius 2 is 0.578 bits per heavy atom. The molecule has 4 unspecified atom stereocenters. The van der Waals surface area contributed by atoms with Crippen LogP contribution in [-0.2, 0) is 65.4 Å². The van der Waals surface area contributed by atoms with Crippen LogP contribution in [0.25, 0.3) is 0 Å². The van der Waals surface area contributed by atoms with Gasteiger partial charge in [-0.2, -0.15) is 0 Å². The number of aliphatic hydroxyl groups is 1. The molecule has 0 bridgehead atoms. The number of rotatable bonds is 61. The maximum Gasteiger partial charge on any atom is 0.472 e. The molecule has 0 rings (SSSR count). The van der Waals surface area contributed by atoms with Crippen LogP contribution < -0.4 is 0 Å². The molecule has 0 aliphatic heterocycles. The number of phosphoric ester groups is 2. The van der Waals surface area contributed by atoms with Gasteiger partial charge in [0.2, 0.25) is 0 Å². The van der Waals surface area contributed by atoms with Crippen molar-refractivity contribution in [3.05, 3.63) is 0 Å². The molecule has 0 heterocycles. The molecule has 19 heteroatoms. The van der Waals surface area contributed by atoms with Gasteiger partial charge in [-0.05, 0) is 49.4 Å². The highest BCUT2D eigenvalue weighted by Gasteiger charge is 2.30. The lowest BCUT2D eigenvalue weighted by molar-refractivity contribution is -0.161. The molecule has 0 saturated heterocycles. The van der Waals surface area contributed by atoms with Crippen LogP contribution in [0.5, 0.6) is 0 Å². The SMILES string of the molecule is CCC(C)CCCCCCCCC(=O)O[C@H](COC(=O)CCCCCCCCCC(C)C)COP(=O)(O)OCC(O)COP(=O)(O)OC[C@@H](COC(=O)CCCCCCCCCCCCCC(C)C)OC(=O)CCCCCCCCC(C)C. The van der Waals surface area contributed by atoms with Gasteiger partial charge in [0.15, 0.2) is 12.2 Å². The van der Waals surface area contributed by atoms with Gasteiger partial charge in [0, 0.05) is 25.7 Å². The molecule has 0 amide bonds. The van der Waals surface area contributed by atoms with Crippen molar-refractivity contribution in [3.8, 4) is 0 Å². The molecule has 83 heavy (non-hydrogen) atoms. The van der Waals surface area contributed by atoms with Gasteiger partial charge in [0.05, 0.1) is 26.4 Å². The maximum atomic E-state index is 13.0. The van der Waals surface area contributed by atoms with E-state index in [0.29, 0.717) is 37.5 Å². The summed E-state index contributed by atoms with van der Waals surface area (Å²) >= 11 is 0. The van der Waals surface area contributed by atoms with Crippen molar-refractivity contribution in [2.75, 3.05) is 39.6 Å². The Bertz CT molecular complexity index is 1660. The molecule has 0 spiro atoms. The number of hydrogen-bond acceptors (Lipinski definition) is 15. The lowest BCUT2D eigenvalue weighted by Crippen LogP contribution is -2.30. The molecule has 3 N–H and O–H groups in total. The molecule has 0 aromatic rings. The van der Waals surface area contributed by atoms with E-state index >= 15 is 0 Å². The van der Waals surface area contributed by atoms with Crippen LogP contribution in [0.15, 0.2) is 0 Å². The Morgan fingerprint density at radius 3 is 0.855 bits per heavy atom. The molecule has 0 fully saturated rings. The summed E-state index contributed by atoms with van der Waals surface area (Å²) in [6, 6.07) is 0. The fourth-order valence-corrected chi connectivity index (χ4v) is 11.0. The van der Waals surface area contributed by atoms with Gasteiger partial charge in [0.25, 0.3) is 0 Å². The summed E-state index contributed by atoms with van der Waals surface area (Å²) in [5, 5.41) is 10.5. The van der Waals surface area contributed by atoms with Crippen molar-refractivity contribution in [3.63, 3.8) is 0 Å². The quantitative estimate of drug-likeness (QED) is 0.0222. The lowest BCUT2D eigenvalue weighted by atomic mass is 10.00. The van der Waals surface area contributed by atoms with Gasteiger partial charge in [-0.25, -0.2) is 9.13 Å². The van der Waals surface area contributed by atoms with E-state index in [9.17, 15) is 43.2 Å². The Kier molecular flexibility index (Phi) is 53.0. The fourth-order valence-electron chi connectivity index (χ4n) is 9.40. The van der Waals surface area contributed by atoms with Crippen LogP contribution in [0.4, 0.5) is 0 Å². The molecule has 0 aromatic heterocycles. The van der Waals surface area contributed by atoms with E-state index in [0.717, 1.165) is 108 Å². The van der Waals surface area contributed by atoms with Gasteiger partial charge in [-0.3, -0.25) is 37.3 Å². The third-order valence-electron chi connectivity index (χ3n) is 14.9. The summed E-state index contributed by atoms with van der Waals surface area (Å²) in [6.07, 6.45) is 33.8. The molecule has 0 aliphatic rings. The summed E-state index contributed by atoms with van der Waals surface area (Å²) in [7, 11) is -9.89. The normalized spacial score (nSPS) is 14.8. The molecule has 0 saturated carbocycles. The third kappa shape index (κ3) is 57.6. The largest absolute Gasteiger partial charge is 0.472 e. The van der Waals surface area contributed by atoms with Crippen LogP contribution in [0, 0.1) is 23.7 Å². The minimum atomic E-state index is -4.94. The van der Waals surface area contributed by atoms with Crippen molar-refractivity contribution in [1.82, 2.24) is 0 Å². The average molecular weight is 1230 g/mol. The first-order valence-corrected chi connectivity index (χ1v) is 36.2. The Hall–Kier alpha value is -1.94. The Morgan fingerprint density at radius 1 is 0.337 bits per heavy atom. The molecule has 492 valence electrons. The number of carbonyl (C=O) groups excluding carboxylic acids is 4. The minimum absolute atomic E-state index is 0.101. The van der Waals surface area contributed by atoms with Crippen LogP contribution in [0.2, 0.25) is 0 Å². The summed E-state index contributed by atoms with van der Waals surface area (Å²) < 4.78 is 67.9. The monoisotopic (exact) mass is 1230 g/mol. The number of phosphoric acid groups is 2. The Labute approximate surface area is 505 Å². The fraction of sp³-hybridized carbons (Fsp3) is 0.938. The molecule has 0 aliphatic carbocycles. The van der Waals surface area contributed by atoms with Gasteiger partial charge >= 0.3 is 39.5 Å². The average Bonchev–Trinajstić information content (AvgIpc) is 3.44. The predicted molar refractivity (Wildman–Crippen MR) is 331 cm³/mol. The van der Waals surface area contributed by atoms with Crippen LogP contribution >= 0.6 is 15.6 Å². The van der Waals surface area contributed by atoms with E-state index in [4.69, 9.17) is 37.0 Å². The first-order chi connectivity index (χ1) is 39.6. The van der Waals surface area contributed by atoms with Crippen molar-refractivity contribution in [2.45, 2.75) is 324 Å². The molecular weight excluding hydrogens is 1100 g/mol. The zero-order valence-electron chi connectivity index (χ0n) is 53.8. The standard InChI is InChI=1S/C64H124O17P2/c1-9-57(8)43-35-27-21-23-31-39-47-64(69)81-60(51-75-62(67)45-37-29-19-15-17-25-33-41-55(4)5)53-79-83(72,73)77-49-58(65)48-76-82(70,71)78-52-59(80-63(68)46-38-30-22-20-26-34-42-56(6)7)50-74-61(66)44-36-28-18-14-12-10-11-13-16-24-32-40-54(2)3/h54-60,65H,9-53H2,1-8H3,(H,70,71)(H,72,73)/t57?,58?,59-,60-/m1/s1.